The van der Waals surface area contributed by atoms with Crippen LogP contribution in [-0.2, 0) is 11.2 Å². The number of hydrogen-bond acceptors (Lipinski definition) is 2. The summed E-state index contributed by atoms with van der Waals surface area (Å²) in [7, 11) is 0. The number of carbonyl (C=O) groups excluding carboxylic acids is 1. The van der Waals surface area contributed by atoms with E-state index in [0.717, 1.165) is 0 Å². The molecular formula is C13H14F3NO3. The van der Waals surface area contributed by atoms with Crippen molar-refractivity contribution in [2.24, 2.45) is 0 Å². The molecule has 1 aromatic rings. The summed E-state index contributed by atoms with van der Waals surface area (Å²) in [4.78, 5) is 22.4. The molecule has 0 aliphatic rings. The number of hydrogen-bond donors (Lipinski definition) is 2. The fraction of sp³-hybridized carbons (Fsp3) is 0.385. The Kier molecular flexibility index (Phi) is 5.54. The van der Waals surface area contributed by atoms with Crippen molar-refractivity contribution < 1.29 is 27.9 Å². The lowest BCUT2D eigenvalue weighted by Gasteiger charge is -2.08. The number of benzene rings is 1. The van der Waals surface area contributed by atoms with E-state index in [9.17, 15) is 22.8 Å². The molecule has 0 unspecified atom stereocenters. The molecule has 0 aliphatic heterocycles. The Labute approximate surface area is 113 Å². The summed E-state index contributed by atoms with van der Waals surface area (Å²) in [6.45, 7) is -0.0897. The first kappa shape index (κ1) is 16.0. The first-order valence-electron chi connectivity index (χ1n) is 5.94. The van der Waals surface area contributed by atoms with E-state index < -0.39 is 24.5 Å². The summed E-state index contributed by atoms with van der Waals surface area (Å²) in [5, 5.41) is 11.3. The summed E-state index contributed by atoms with van der Waals surface area (Å²) in [6.07, 6.45) is -5.57. The molecule has 0 bridgehead atoms. The van der Waals surface area contributed by atoms with Crippen LogP contribution in [0.3, 0.4) is 0 Å². The molecule has 2 N–H and O–H groups in total. The molecule has 20 heavy (non-hydrogen) atoms. The predicted molar refractivity (Wildman–Crippen MR) is 65.4 cm³/mol. The van der Waals surface area contributed by atoms with E-state index in [4.69, 9.17) is 5.11 Å². The Bertz CT molecular complexity index is 486. The van der Waals surface area contributed by atoms with Gasteiger partial charge in [-0.3, -0.25) is 4.79 Å². The van der Waals surface area contributed by atoms with Gasteiger partial charge in [-0.25, -0.2) is 4.79 Å². The molecule has 7 heteroatoms. The maximum atomic E-state index is 11.9. The normalized spacial score (nSPS) is 11.2. The highest BCUT2D eigenvalue weighted by Gasteiger charge is 2.26. The molecule has 110 valence electrons. The van der Waals surface area contributed by atoms with E-state index in [-0.39, 0.29) is 24.9 Å². The van der Waals surface area contributed by atoms with Gasteiger partial charge in [0.1, 0.15) is 0 Å². The molecule has 0 aromatic heterocycles. The fourth-order valence-electron chi connectivity index (χ4n) is 1.64. The topological polar surface area (TPSA) is 66.4 Å². The molecule has 0 radical (unpaired) electrons. The number of halogens is 3. The molecule has 0 heterocycles. The number of carboxylic acids is 1. The van der Waals surface area contributed by atoms with Crippen LogP contribution >= 0.6 is 0 Å². The second-order valence-corrected chi connectivity index (χ2v) is 4.21. The third-order valence-corrected chi connectivity index (χ3v) is 2.56. The van der Waals surface area contributed by atoms with Crippen molar-refractivity contribution in [1.29, 1.82) is 0 Å². The van der Waals surface area contributed by atoms with Crippen molar-refractivity contribution in [2.45, 2.75) is 25.4 Å². The van der Waals surface area contributed by atoms with Gasteiger partial charge in [0.05, 0.1) is 12.0 Å². The van der Waals surface area contributed by atoms with Gasteiger partial charge in [-0.05, 0) is 18.1 Å². The van der Waals surface area contributed by atoms with Crippen molar-refractivity contribution >= 4 is 11.9 Å². The van der Waals surface area contributed by atoms with Crippen LogP contribution in [0.5, 0.6) is 0 Å². The van der Waals surface area contributed by atoms with Gasteiger partial charge in [0.15, 0.2) is 0 Å². The smallest absolute Gasteiger partial charge is 0.389 e. The van der Waals surface area contributed by atoms with Gasteiger partial charge in [-0.15, -0.1) is 0 Å². The van der Waals surface area contributed by atoms with Gasteiger partial charge in [0, 0.05) is 13.0 Å². The van der Waals surface area contributed by atoms with Crippen molar-refractivity contribution in [1.82, 2.24) is 5.32 Å². The SMILES string of the molecule is O=C(Cc1ccccc1C(=O)O)NCCCC(F)(F)F. The van der Waals surface area contributed by atoms with Crippen LogP contribution in [0.1, 0.15) is 28.8 Å². The highest BCUT2D eigenvalue weighted by molar-refractivity contribution is 5.91. The summed E-state index contributed by atoms with van der Waals surface area (Å²) in [5.74, 6) is -1.65. The largest absolute Gasteiger partial charge is 0.478 e. The number of carbonyl (C=O) groups is 2. The van der Waals surface area contributed by atoms with E-state index in [2.05, 4.69) is 5.32 Å². The molecule has 0 spiro atoms. The number of rotatable bonds is 6. The molecule has 0 aliphatic carbocycles. The number of amides is 1. The van der Waals surface area contributed by atoms with Gasteiger partial charge in [-0.2, -0.15) is 13.2 Å². The Morgan fingerprint density at radius 3 is 2.45 bits per heavy atom. The molecule has 0 fully saturated rings. The lowest BCUT2D eigenvalue weighted by molar-refractivity contribution is -0.136. The predicted octanol–water partition coefficient (Wildman–Crippen LogP) is 2.39. The average molecular weight is 289 g/mol. The van der Waals surface area contributed by atoms with Crippen molar-refractivity contribution in [3.8, 4) is 0 Å². The van der Waals surface area contributed by atoms with Gasteiger partial charge in [-0.1, -0.05) is 18.2 Å². The van der Waals surface area contributed by atoms with Crippen LogP contribution < -0.4 is 5.32 Å². The molecule has 1 amide bonds. The van der Waals surface area contributed by atoms with E-state index in [1.54, 1.807) is 6.07 Å². The first-order chi connectivity index (χ1) is 9.29. The van der Waals surface area contributed by atoms with Gasteiger partial charge in [0.25, 0.3) is 0 Å². The van der Waals surface area contributed by atoms with Gasteiger partial charge in [0.2, 0.25) is 5.91 Å². The number of nitrogens with one attached hydrogen (secondary N) is 1. The second-order valence-electron chi connectivity index (χ2n) is 4.21. The summed E-state index contributed by atoms with van der Waals surface area (Å²) in [6, 6.07) is 6.00. The van der Waals surface area contributed by atoms with Crippen LogP contribution in [0.4, 0.5) is 13.2 Å². The maximum Gasteiger partial charge on any atom is 0.389 e. The number of carboxylic acid groups (broad SMARTS) is 1. The van der Waals surface area contributed by atoms with Crippen LogP contribution in [0.2, 0.25) is 0 Å². The maximum absolute atomic E-state index is 11.9. The van der Waals surface area contributed by atoms with Crippen molar-refractivity contribution in [2.75, 3.05) is 6.54 Å². The molecular weight excluding hydrogens is 275 g/mol. The Morgan fingerprint density at radius 2 is 1.85 bits per heavy atom. The third kappa shape index (κ3) is 5.73. The van der Waals surface area contributed by atoms with Crippen molar-refractivity contribution in [3.05, 3.63) is 35.4 Å². The molecule has 1 rings (SSSR count). The fourth-order valence-corrected chi connectivity index (χ4v) is 1.64. The summed E-state index contributed by atoms with van der Waals surface area (Å²) < 4.78 is 35.7. The van der Waals surface area contributed by atoms with Gasteiger partial charge >= 0.3 is 12.1 Å². The molecule has 0 saturated carbocycles. The van der Waals surface area contributed by atoms with E-state index in [1.807, 2.05) is 0 Å². The standard InChI is InChI=1S/C13H14F3NO3/c14-13(15,16)6-3-7-17-11(18)8-9-4-1-2-5-10(9)12(19)20/h1-2,4-5H,3,6-8H2,(H,17,18)(H,19,20). The lowest BCUT2D eigenvalue weighted by Crippen LogP contribution is -2.27. The van der Waals surface area contributed by atoms with E-state index >= 15 is 0 Å². The minimum atomic E-state index is -4.24. The summed E-state index contributed by atoms with van der Waals surface area (Å²) in [5.41, 5.74) is 0.339. The zero-order chi connectivity index (χ0) is 15.2. The Morgan fingerprint density at radius 1 is 1.20 bits per heavy atom. The molecule has 4 nitrogen and oxygen atoms in total. The molecule has 0 atom stereocenters. The van der Waals surface area contributed by atoms with Crippen LogP contribution in [0.15, 0.2) is 24.3 Å². The highest BCUT2D eigenvalue weighted by Crippen LogP contribution is 2.20. The number of aromatic carboxylic acids is 1. The highest BCUT2D eigenvalue weighted by atomic mass is 19.4. The second kappa shape index (κ2) is 6.93. The summed E-state index contributed by atoms with van der Waals surface area (Å²) >= 11 is 0. The molecule has 0 saturated heterocycles. The van der Waals surface area contributed by atoms with Crippen LogP contribution in [-0.4, -0.2) is 29.7 Å². The Hall–Kier alpha value is -2.05. The minimum absolute atomic E-state index is 0.0120. The van der Waals surface area contributed by atoms with Crippen LogP contribution in [0.25, 0.3) is 0 Å². The lowest BCUT2D eigenvalue weighted by atomic mass is 10.0. The van der Waals surface area contributed by atoms with E-state index in [0.29, 0.717) is 5.56 Å². The number of alkyl halides is 3. The van der Waals surface area contributed by atoms with Crippen molar-refractivity contribution in [3.63, 3.8) is 0 Å². The zero-order valence-corrected chi connectivity index (χ0v) is 10.5. The van der Waals surface area contributed by atoms with Gasteiger partial charge < -0.3 is 10.4 Å². The first-order valence-corrected chi connectivity index (χ1v) is 5.94. The zero-order valence-electron chi connectivity index (χ0n) is 10.5. The average Bonchev–Trinajstić information content (AvgIpc) is 2.34. The Balaban J connectivity index is 2.45. The monoisotopic (exact) mass is 289 g/mol. The van der Waals surface area contributed by atoms with E-state index in [1.165, 1.54) is 18.2 Å². The minimum Gasteiger partial charge on any atom is -0.478 e. The molecule has 1 aromatic carbocycles. The quantitative estimate of drug-likeness (QED) is 0.790. The van der Waals surface area contributed by atoms with Crippen LogP contribution in [0, 0.1) is 0 Å². The third-order valence-electron chi connectivity index (χ3n) is 2.56.